The molecule has 4 aromatic rings. The van der Waals surface area contributed by atoms with Crippen molar-refractivity contribution in [1.82, 2.24) is 14.5 Å². The molecule has 3 aromatic carbocycles. The van der Waals surface area contributed by atoms with E-state index >= 15 is 0 Å². The minimum atomic E-state index is -0.287. The first-order valence-electron chi connectivity index (χ1n) is 12.4. The van der Waals surface area contributed by atoms with E-state index in [0.29, 0.717) is 34.7 Å². The maximum absolute atomic E-state index is 13.4. The minimum Gasteiger partial charge on any atom is -0.329 e. The molecule has 1 saturated carbocycles. The van der Waals surface area contributed by atoms with E-state index in [0.717, 1.165) is 35.2 Å². The van der Waals surface area contributed by atoms with Gasteiger partial charge in [0.1, 0.15) is 6.54 Å². The van der Waals surface area contributed by atoms with E-state index in [-0.39, 0.29) is 18.4 Å². The Labute approximate surface area is 221 Å². The molecule has 188 valence electrons. The summed E-state index contributed by atoms with van der Waals surface area (Å²) in [7, 11) is 0. The third kappa shape index (κ3) is 5.92. The first-order valence-corrected chi connectivity index (χ1v) is 12.8. The predicted molar refractivity (Wildman–Crippen MR) is 147 cm³/mol. The van der Waals surface area contributed by atoms with Gasteiger partial charge in [0, 0.05) is 34.6 Å². The topological polar surface area (TPSA) is 67.2 Å². The van der Waals surface area contributed by atoms with Crippen molar-refractivity contribution in [3.05, 3.63) is 101 Å². The molecule has 0 saturated heterocycles. The minimum absolute atomic E-state index is 0.0410. The van der Waals surface area contributed by atoms with Gasteiger partial charge in [-0.1, -0.05) is 54.1 Å². The van der Waals surface area contributed by atoms with Crippen LogP contribution in [0, 0.1) is 19.8 Å². The van der Waals surface area contributed by atoms with Crippen molar-refractivity contribution < 1.29 is 9.59 Å². The summed E-state index contributed by atoms with van der Waals surface area (Å²) in [5.41, 5.74) is 5.10. The molecule has 5 rings (SSSR count). The van der Waals surface area contributed by atoms with Gasteiger partial charge in [0.25, 0.3) is 5.91 Å². The van der Waals surface area contributed by atoms with Gasteiger partial charge in [0.05, 0.1) is 5.69 Å². The average molecular weight is 513 g/mol. The largest absolute Gasteiger partial charge is 0.329 e. The highest BCUT2D eigenvalue weighted by Crippen LogP contribution is 2.30. The molecule has 0 atom stereocenters. The Morgan fingerprint density at radius 2 is 1.78 bits per heavy atom. The Morgan fingerprint density at radius 3 is 2.49 bits per heavy atom. The first kappa shape index (κ1) is 24.8. The Morgan fingerprint density at radius 1 is 1.03 bits per heavy atom. The molecule has 1 fully saturated rings. The van der Waals surface area contributed by atoms with Gasteiger partial charge >= 0.3 is 0 Å². The van der Waals surface area contributed by atoms with Gasteiger partial charge < -0.3 is 4.90 Å². The molecule has 0 bridgehead atoms. The van der Waals surface area contributed by atoms with E-state index in [9.17, 15) is 9.59 Å². The van der Waals surface area contributed by atoms with Gasteiger partial charge in [-0.3, -0.25) is 19.5 Å². The molecule has 6 nitrogen and oxygen atoms in total. The summed E-state index contributed by atoms with van der Waals surface area (Å²) in [5.74, 6) is 0.440. The summed E-state index contributed by atoms with van der Waals surface area (Å²) in [6, 6.07) is 22.9. The van der Waals surface area contributed by atoms with Crippen LogP contribution in [-0.2, 0) is 4.79 Å². The number of nitrogens with one attached hydrogen (secondary N) is 1. The van der Waals surface area contributed by atoms with Crippen LogP contribution >= 0.6 is 11.6 Å². The summed E-state index contributed by atoms with van der Waals surface area (Å²) in [4.78, 5) is 33.1. The highest BCUT2D eigenvalue weighted by atomic mass is 35.5. The van der Waals surface area contributed by atoms with E-state index in [1.54, 1.807) is 4.90 Å². The van der Waals surface area contributed by atoms with Gasteiger partial charge in [-0.2, -0.15) is 0 Å². The quantitative estimate of drug-likeness (QED) is 0.301. The number of carbonyl (C=O) groups excluding carboxylic acids is 2. The lowest BCUT2D eigenvalue weighted by atomic mass is 10.1. The second-order valence-corrected chi connectivity index (χ2v) is 10.1. The fourth-order valence-corrected chi connectivity index (χ4v) is 4.48. The summed E-state index contributed by atoms with van der Waals surface area (Å²) >= 11 is 6.07. The summed E-state index contributed by atoms with van der Waals surface area (Å²) < 4.78 is 1.86. The first-order chi connectivity index (χ1) is 17.9. The average Bonchev–Trinajstić information content (AvgIpc) is 3.61. The number of anilines is 1. The van der Waals surface area contributed by atoms with Crippen molar-refractivity contribution in [3.8, 4) is 16.9 Å². The van der Waals surface area contributed by atoms with Crippen LogP contribution in [0.5, 0.6) is 0 Å². The van der Waals surface area contributed by atoms with Crippen molar-refractivity contribution in [1.29, 1.82) is 0 Å². The van der Waals surface area contributed by atoms with Crippen molar-refractivity contribution >= 4 is 29.4 Å². The monoisotopic (exact) mass is 512 g/mol. The molecule has 1 aromatic heterocycles. The van der Waals surface area contributed by atoms with Crippen LogP contribution in [0.1, 0.15) is 34.3 Å². The second-order valence-electron chi connectivity index (χ2n) is 9.66. The highest BCUT2D eigenvalue weighted by Gasteiger charge is 2.29. The van der Waals surface area contributed by atoms with Gasteiger partial charge in [-0.05, 0) is 74.1 Å². The van der Waals surface area contributed by atoms with E-state index in [4.69, 9.17) is 16.6 Å². The number of hydrogen-bond acceptors (Lipinski definition) is 3. The van der Waals surface area contributed by atoms with E-state index in [1.165, 1.54) is 0 Å². The lowest BCUT2D eigenvalue weighted by Gasteiger charge is -2.23. The maximum Gasteiger partial charge on any atom is 0.254 e. The van der Waals surface area contributed by atoms with Crippen molar-refractivity contribution in [2.75, 3.05) is 18.4 Å². The molecule has 0 aliphatic heterocycles. The van der Waals surface area contributed by atoms with Crippen LogP contribution < -0.4 is 5.32 Å². The number of imidazole rings is 1. The molecule has 0 unspecified atom stereocenters. The number of amides is 2. The number of halogens is 1. The van der Waals surface area contributed by atoms with E-state index < -0.39 is 0 Å². The summed E-state index contributed by atoms with van der Waals surface area (Å²) in [6.45, 7) is 4.47. The van der Waals surface area contributed by atoms with Crippen molar-refractivity contribution in [3.63, 3.8) is 0 Å². The Hall–Kier alpha value is -3.90. The predicted octanol–water partition coefficient (Wildman–Crippen LogP) is 6.30. The zero-order valence-corrected chi connectivity index (χ0v) is 21.7. The molecule has 0 radical (unpaired) electrons. The summed E-state index contributed by atoms with van der Waals surface area (Å²) in [5, 5.41) is 3.61. The molecule has 1 aliphatic rings. The lowest BCUT2D eigenvalue weighted by Crippen LogP contribution is -2.40. The van der Waals surface area contributed by atoms with Gasteiger partial charge in [0.2, 0.25) is 11.9 Å². The lowest BCUT2D eigenvalue weighted by molar-refractivity contribution is -0.117. The Balaban J connectivity index is 1.42. The maximum atomic E-state index is 13.4. The van der Waals surface area contributed by atoms with Crippen LogP contribution in [0.15, 0.2) is 79.0 Å². The van der Waals surface area contributed by atoms with Gasteiger partial charge in [-0.15, -0.1) is 0 Å². The number of hydrogen-bond donors (Lipinski definition) is 1. The third-order valence-electron chi connectivity index (χ3n) is 6.55. The number of aromatic nitrogens is 2. The fraction of sp³-hybridized carbons (Fsp3) is 0.233. The number of carbonyl (C=O) groups is 2. The molecule has 7 heteroatoms. The van der Waals surface area contributed by atoms with Crippen molar-refractivity contribution in [2.24, 2.45) is 5.92 Å². The molecule has 37 heavy (non-hydrogen) atoms. The number of rotatable bonds is 8. The Kier molecular flexibility index (Phi) is 7.10. The van der Waals surface area contributed by atoms with Crippen LogP contribution in [0.25, 0.3) is 16.9 Å². The zero-order valence-electron chi connectivity index (χ0n) is 20.9. The molecular formula is C30H29ClN4O2. The highest BCUT2D eigenvalue weighted by molar-refractivity contribution is 6.30. The van der Waals surface area contributed by atoms with Crippen LogP contribution in [0.3, 0.4) is 0 Å². The van der Waals surface area contributed by atoms with Crippen LogP contribution in [0.2, 0.25) is 5.02 Å². The molecule has 0 spiro atoms. The van der Waals surface area contributed by atoms with Crippen LogP contribution in [0.4, 0.5) is 5.95 Å². The van der Waals surface area contributed by atoms with E-state index in [2.05, 4.69) is 5.32 Å². The fourth-order valence-electron chi connectivity index (χ4n) is 4.35. The number of benzene rings is 3. The second kappa shape index (κ2) is 10.6. The Bertz CT molecular complexity index is 1440. The zero-order chi connectivity index (χ0) is 25.9. The van der Waals surface area contributed by atoms with Crippen molar-refractivity contribution in [2.45, 2.75) is 26.7 Å². The normalized spacial score (nSPS) is 12.8. The van der Waals surface area contributed by atoms with E-state index in [1.807, 2.05) is 97.4 Å². The molecular weight excluding hydrogens is 484 g/mol. The molecule has 1 heterocycles. The van der Waals surface area contributed by atoms with Crippen LogP contribution in [-0.4, -0.2) is 39.4 Å². The smallest absolute Gasteiger partial charge is 0.254 e. The third-order valence-corrected chi connectivity index (χ3v) is 6.80. The number of nitrogens with zero attached hydrogens (tertiary/aromatic N) is 3. The number of aryl methyl sites for hydroxylation is 2. The van der Waals surface area contributed by atoms with Gasteiger partial charge in [0.15, 0.2) is 0 Å². The summed E-state index contributed by atoms with van der Waals surface area (Å²) in [6.07, 6.45) is 4.07. The SMILES string of the molecule is Cc1cccc(-n2cc(-c3ccc(Cl)cc3)nc2NC(=O)CN(CC2CC2)C(=O)c2ccccc2C)c1. The molecule has 2 amide bonds. The standard InChI is InChI=1S/C30H29ClN4O2/c1-20-6-5-8-25(16-20)35-18-27(23-12-14-24(31)15-13-23)32-30(35)33-28(36)19-34(17-22-10-11-22)29(37)26-9-4-3-7-21(26)2/h3-9,12-16,18,22H,10-11,17,19H2,1-2H3,(H,32,33,36). The molecule has 1 aliphatic carbocycles. The van der Waals surface area contributed by atoms with Gasteiger partial charge in [-0.25, -0.2) is 4.98 Å². The molecule has 1 N–H and O–H groups in total.